The highest BCUT2D eigenvalue weighted by Gasteiger charge is 2.36. The normalized spacial score (nSPS) is 18.2. The van der Waals surface area contributed by atoms with Crippen LogP contribution in [0.4, 0.5) is 0 Å². The highest BCUT2D eigenvalue weighted by Crippen LogP contribution is 2.33. The Balaban J connectivity index is 2.16. The van der Waals surface area contributed by atoms with Gasteiger partial charge in [0.25, 0.3) is 10.0 Å². The molecule has 1 unspecified atom stereocenters. The molecule has 0 amide bonds. The maximum atomic E-state index is 11.9. The third-order valence-electron chi connectivity index (χ3n) is 2.44. The number of thiocarbonyl (C=S) groups is 1. The fraction of sp³-hybridized carbons (Fsp3) is 0.444. The van der Waals surface area contributed by atoms with Gasteiger partial charge in [0.1, 0.15) is 4.21 Å². The summed E-state index contributed by atoms with van der Waals surface area (Å²) in [6.45, 7) is 0. The Hall–Kier alpha value is -0.500. The molecule has 1 atom stereocenters. The highest BCUT2D eigenvalue weighted by atomic mass is 32.2. The summed E-state index contributed by atoms with van der Waals surface area (Å²) < 4.78 is 26.7. The smallest absolute Gasteiger partial charge is 0.250 e. The number of sulfonamides is 1. The number of hydrogen-bond acceptors (Lipinski definition) is 4. The van der Waals surface area contributed by atoms with E-state index in [1.807, 2.05) is 0 Å². The fourth-order valence-electron chi connectivity index (χ4n) is 1.46. The van der Waals surface area contributed by atoms with Crippen LogP contribution in [0.15, 0.2) is 21.7 Å². The van der Waals surface area contributed by atoms with Crippen molar-refractivity contribution in [1.29, 1.82) is 0 Å². The molecule has 1 heterocycles. The van der Waals surface area contributed by atoms with Gasteiger partial charge < -0.3 is 5.73 Å². The highest BCUT2D eigenvalue weighted by molar-refractivity contribution is 7.91. The molecule has 0 aliphatic heterocycles. The van der Waals surface area contributed by atoms with Crippen LogP contribution in [0, 0.1) is 5.92 Å². The Morgan fingerprint density at radius 3 is 2.75 bits per heavy atom. The molecule has 0 aromatic carbocycles. The molecule has 0 saturated heterocycles. The van der Waals surface area contributed by atoms with E-state index in [1.165, 1.54) is 11.3 Å². The average molecular weight is 276 g/mol. The van der Waals surface area contributed by atoms with Crippen molar-refractivity contribution in [2.45, 2.75) is 23.1 Å². The molecule has 2 rings (SSSR count). The first kappa shape index (κ1) is 12.0. The lowest BCUT2D eigenvalue weighted by atomic mass is 10.2. The summed E-state index contributed by atoms with van der Waals surface area (Å²) in [6.07, 6.45) is 1.96. The molecule has 16 heavy (non-hydrogen) atoms. The molecule has 0 spiro atoms. The van der Waals surface area contributed by atoms with Gasteiger partial charge in [-0.1, -0.05) is 18.3 Å². The standard InChI is InChI=1S/C9H12N2O2S3/c10-9(14)8(6-3-4-6)11-16(12,13)7-2-1-5-15-7/h1-2,5-6,8,11H,3-4H2,(H2,10,14). The van der Waals surface area contributed by atoms with Gasteiger partial charge in [-0.2, -0.15) is 0 Å². The minimum absolute atomic E-state index is 0.225. The molecule has 0 bridgehead atoms. The number of nitrogens with two attached hydrogens (primary N) is 1. The summed E-state index contributed by atoms with van der Waals surface area (Å²) in [5.74, 6) is 0.271. The molecule has 88 valence electrons. The minimum Gasteiger partial charge on any atom is -0.392 e. The van der Waals surface area contributed by atoms with Crippen molar-refractivity contribution < 1.29 is 8.42 Å². The molecule has 7 heteroatoms. The quantitative estimate of drug-likeness (QED) is 0.790. The average Bonchev–Trinajstić information content (AvgIpc) is 2.87. The zero-order valence-electron chi connectivity index (χ0n) is 8.42. The zero-order valence-corrected chi connectivity index (χ0v) is 10.9. The molecular weight excluding hydrogens is 264 g/mol. The van der Waals surface area contributed by atoms with Crippen LogP contribution in [0.1, 0.15) is 12.8 Å². The van der Waals surface area contributed by atoms with E-state index in [9.17, 15) is 8.42 Å². The van der Waals surface area contributed by atoms with Crippen molar-refractivity contribution in [2.24, 2.45) is 11.7 Å². The lowest BCUT2D eigenvalue weighted by Gasteiger charge is -2.15. The largest absolute Gasteiger partial charge is 0.392 e. The Labute approximate surface area is 104 Å². The summed E-state index contributed by atoms with van der Waals surface area (Å²) in [5.41, 5.74) is 5.55. The molecule has 1 aliphatic carbocycles. The SMILES string of the molecule is NC(=S)C(NS(=O)(=O)c1cccs1)C1CC1. The van der Waals surface area contributed by atoms with E-state index in [0.717, 1.165) is 12.8 Å². The number of nitrogens with one attached hydrogen (secondary N) is 1. The lowest BCUT2D eigenvalue weighted by Crippen LogP contribution is -2.44. The van der Waals surface area contributed by atoms with Crippen LogP contribution in [-0.2, 0) is 10.0 Å². The van der Waals surface area contributed by atoms with Crippen molar-refractivity contribution in [3.63, 3.8) is 0 Å². The number of thiophene rings is 1. The van der Waals surface area contributed by atoms with Gasteiger partial charge in [-0.3, -0.25) is 0 Å². The summed E-state index contributed by atoms with van der Waals surface area (Å²) in [5, 5.41) is 1.72. The minimum atomic E-state index is -3.47. The predicted molar refractivity (Wildman–Crippen MR) is 67.9 cm³/mol. The van der Waals surface area contributed by atoms with Gasteiger partial charge in [-0.15, -0.1) is 11.3 Å². The van der Waals surface area contributed by atoms with E-state index in [4.69, 9.17) is 18.0 Å². The van der Waals surface area contributed by atoms with Crippen LogP contribution >= 0.6 is 23.6 Å². The van der Waals surface area contributed by atoms with Crippen LogP contribution in [0.25, 0.3) is 0 Å². The molecular formula is C9H12N2O2S3. The van der Waals surface area contributed by atoms with Crippen LogP contribution in [-0.4, -0.2) is 19.4 Å². The van der Waals surface area contributed by atoms with Crippen molar-refractivity contribution in [2.75, 3.05) is 0 Å². The summed E-state index contributed by atoms with van der Waals surface area (Å²) in [6, 6.07) is 2.87. The number of rotatable bonds is 5. The lowest BCUT2D eigenvalue weighted by molar-refractivity contribution is 0.567. The van der Waals surface area contributed by atoms with E-state index in [-0.39, 0.29) is 10.9 Å². The van der Waals surface area contributed by atoms with E-state index in [0.29, 0.717) is 4.21 Å². The Morgan fingerprint density at radius 1 is 1.62 bits per heavy atom. The third kappa shape index (κ3) is 2.60. The molecule has 0 radical (unpaired) electrons. The maximum absolute atomic E-state index is 11.9. The van der Waals surface area contributed by atoms with Crippen molar-refractivity contribution in [3.8, 4) is 0 Å². The zero-order chi connectivity index (χ0) is 11.8. The number of hydrogen-bond donors (Lipinski definition) is 2. The second-order valence-electron chi connectivity index (χ2n) is 3.77. The second kappa shape index (κ2) is 4.40. The van der Waals surface area contributed by atoms with Crippen LogP contribution < -0.4 is 10.5 Å². The molecule has 3 N–H and O–H groups in total. The first-order chi connectivity index (χ1) is 7.50. The molecule has 1 aromatic rings. The van der Waals surface area contributed by atoms with Gasteiger partial charge in [-0.25, -0.2) is 13.1 Å². The van der Waals surface area contributed by atoms with Gasteiger partial charge in [0.05, 0.1) is 11.0 Å². The maximum Gasteiger partial charge on any atom is 0.250 e. The van der Waals surface area contributed by atoms with Crippen LogP contribution in [0.3, 0.4) is 0 Å². The van der Waals surface area contributed by atoms with Crippen LogP contribution in [0.2, 0.25) is 0 Å². The van der Waals surface area contributed by atoms with Crippen LogP contribution in [0.5, 0.6) is 0 Å². The molecule has 1 saturated carbocycles. The Bertz CT molecular complexity index is 477. The van der Waals surface area contributed by atoms with Crippen molar-refractivity contribution >= 4 is 38.6 Å². The van der Waals surface area contributed by atoms with E-state index in [1.54, 1.807) is 17.5 Å². The molecule has 1 fully saturated rings. The molecule has 4 nitrogen and oxygen atoms in total. The first-order valence-corrected chi connectivity index (χ1v) is 7.63. The molecule has 1 aliphatic rings. The van der Waals surface area contributed by atoms with Gasteiger partial charge >= 0.3 is 0 Å². The molecule has 1 aromatic heterocycles. The topological polar surface area (TPSA) is 72.2 Å². The summed E-state index contributed by atoms with van der Waals surface area (Å²) >= 11 is 6.07. The van der Waals surface area contributed by atoms with E-state index >= 15 is 0 Å². The third-order valence-corrected chi connectivity index (χ3v) is 5.53. The Morgan fingerprint density at radius 2 is 2.31 bits per heavy atom. The van der Waals surface area contributed by atoms with Crippen molar-refractivity contribution in [3.05, 3.63) is 17.5 Å². The Kier molecular flexibility index (Phi) is 3.29. The second-order valence-corrected chi connectivity index (χ2v) is 7.13. The first-order valence-electron chi connectivity index (χ1n) is 4.86. The predicted octanol–water partition coefficient (Wildman–Crippen LogP) is 1.09. The van der Waals surface area contributed by atoms with Crippen molar-refractivity contribution in [1.82, 2.24) is 4.72 Å². The van der Waals surface area contributed by atoms with Gasteiger partial charge in [0.2, 0.25) is 0 Å². The monoisotopic (exact) mass is 276 g/mol. The van der Waals surface area contributed by atoms with E-state index < -0.39 is 16.1 Å². The van der Waals surface area contributed by atoms with Gasteiger partial charge in [-0.05, 0) is 30.2 Å². The van der Waals surface area contributed by atoms with E-state index in [2.05, 4.69) is 4.72 Å². The van der Waals surface area contributed by atoms with Gasteiger partial charge in [0, 0.05) is 0 Å². The van der Waals surface area contributed by atoms with Gasteiger partial charge in [0.15, 0.2) is 0 Å². The summed E-state index contributed by atoms with van der Waals surface area (Å²) in [4.78, 5) is 0.225. The fourth-order valence-corrected chi connectivity index (χ4v) is 4.08. The summed E-state index contributed by atoms with van der Waals surface area (Å²) in [7, 11) is -3.47.